The molecule has 1 amide bonds. The van der Waals surface area contributed by atoms with Crippen LogP contribution in [-0.4, -0.2) is 31.4 Å². The van der Waals surface area contributed by atoms with Crippen LogP contribution in [0, 0.1) is 5.82 Å². The second-order valence-electron chi connectivity index (χ2n) is 5.83. The Bertz CT molecular complexity index is 934. The molecule has 1 aromatic carbocycles. The van der Waals surface area contributed by atoms with Crippen molar-refractivity contribution in [2.45, 2.75) is 37.4 Å². The topological polar surface area (TPSA) is 72.7 Å². The zero-order valence-electron chi connectivity index (χ0n) is 13.5. The first kappa shape index (κ1) is 16.5. The van der Waals surface area contributed by atoms with E-state index in [0.29, 0.717) is 21.3 Å². The maximum Gasteiger partial charge on any atom is 0.236 e. The van der Waals surface area contributed by atoms with Gasteiger partial charge in [0.15, 0.2) is 10.3 Å². The Kier molecular flexibility index (Phi) is 4.43. The summed E-state index contributed by atoms with van der Waals surface area (Å²) in [5.74, 6) is 1.31. The fourth-order valence-electron chi connectivity index (χ4n) is 2.58. The van der Waals surface area contributed by atoms with Gasteiger partial charge in [-0.05, 0) is 38.0 Å². The van der Waals surface area contributed by atoms with Crippen molar-refractivity contribution in [3.8, 4) is 0 Å². The highest BCUT2D eigenvalue weighted by molar-refractivity contribution is 7.99. The highest BCUT2D eigenvalue weighted by atomic mass is 32.2. The molecule has 0 saturated heterocycles. The summed E-state index contributed by atoms with van der Waals surface area (Å²) in [7, 11) is 0. The van der Waals surface area contributed by atoms with Gasteiger partial charge in [-0.15, -0.1) is 10.2 Å². The quantitative estimate of drug-likeness (QED) is 0.664. The zero-order valence-corrected chi connectivity index (χ0v) is 15.2. The summed E-state index contributed by atoms with van der Waals surface area (Å²) in [4.78, 5) is 16.5. The van der Waals surface area contributed by atoms with E-state index in [2.05, 4.69) is 32.0 Å². The van der Waals surface area contributed by atoms with Gasteiger partial charge >= 0.3 is 0 Å². The number of carbonyl (C=O) groups excluding carboxylic acids is 1. The van der Waals surface area contributed by atoms with E-state index in [1.807, 2.05) is 0 Å². The Labute approximate surface area is 151 Å². The van der Waals surface area contributed by atoms with Gasteiger partial charge in [0, 0.05) is 12.5 Å². The average molecular weight is 377 g/mol. The minimum Gasteiger partial charge on any atom is -0.306 e. The van der Waals surface area contributed by atoms with Crippen LogP contribution in [0.1, 0.15) is 31.5 Å². The number of nitrogens with one attached hydrogen (secondary N) is 1. The molecule has 3 aromatic rings. The van der Waals surface area contributed by atoms with Gasteiger partial charge in [0.05, 0.1) is 16.0 Å². The van der Waals surface area contributed by atoms with E-state index >= 15 is 0 Å². The van der Waals surface area contributed by atoms with E-state index in [4.69, 9.17) is 0 Å². The monoisotopic (exact) mass is 377 g/mol. The third-order valence-corrected chi connectivity index (χ3v) is 5.83. The summed E-state index contributed by atoms with van der Waals surface area (Å²) >= 11 is 2.63. The van der Waals surface area contributed by atoms with Gasteiger partial charge in [-0.1, -0.05) is 23.1 Å². The predicted molar refractivity (Wildman–Crippen MR) is 96.6 cm³/mol. The van der Waals surface area contributed by atoms with Crippen LogP contribution in [0.4, 0.5) is 9.52 Å². The molecule has 6 nitrogen and oxygen atoms in total. The molecule has 0 spiro atoms. The lowest BCUT2D eigenvalue weighted by Crippen LogP contribution is -2.14. The number of benzene rings is 1. The SMILES string of the molecule is CCn1c(SCC(=O)Nc2nc3ccc(F)cc3s2)nnc1C1CC1. The number of nitrogens with zero attached hydrogens (tertiary/aromatic N) is 4. The molecular weight excluding hydrogens is 361 g/mol. The lowest BCUT2D eigenvalue weighted by atomic mass is 10.3. The maximum absolute atomic E-state index is 13.2. The second kappa shape index (κ2) is 6.72. The van der Waals surface area contributed by atoms with Crippen LogP contribution in [-0.2, 0) is 11.3 Å². The van der Waals surface area contributed by atoms with Crippen molar-refractivity contribution in [3.63, 3.8) is 0 Å². The number of hydrogen-bond donors (Lipinski definition) is 1. The van der Waals surface area contributed by atoms with Crippen LogP contribution < -0.4 is 5.32 Å². The van der Waals surface area contributed by atoms with Crippen molar-refractivity contribution in [1.82, 2.24) is 19.7 Å². The lowest BCUT2D eigenvalue weighted by Gasteiger charge is -2.06. The summed E-state index contributed by atoms with van der Waals surface area (Å²) in [5.41, 5.74) is 0.675. The molecule has 1 fully saturated rings. The van der Waals surface area contributed by atoms with Crippen molar-refractivity contribution < 1.29 is 9.18 Å². The van der Waals surface area contributed by atoms with Crippen molar-refractivity contribution >= 4 is 44.4 Å². The Morgan fingerprint density at radius 3 is 3.04 bits per heavy atom. The third kappa shape index (κ3) is 3.52. The minimum atomic E-state index is -0.310. The van der Waals surface area contributed by atoms with E-state index in [-0.39, 0.29) is 17.5 Å². The Morgan fingerprint density at radius 1 is 1.44 bits per heavy atom. The maximum atomic E-state index is 13.2. The molecule has 1 aliphatic rings. The summed E-state index contributed by atoms with van der Waals surface area (Å²) in [6.45, 7) is 2.85. The van der Waals surface area contributed by atoms with Crippen molar-refractivity contribution in [2.75, 3.05) is 11.1 Å². The number of anilines is 1. The molecule has 1 N–H and O–H groups in total. The number of thiazole rings is 1. The van der Waals surface area contributed by atoms with Gasteiger partial charge in [-0.25, -0.2) is 9.37 Å². The molecule has 0 aliphatic heterocycles. The van der Waals surface area contributed by atoms with Crippen LogP contribution >= 0.6 is 23.1 Å². The molecule has 1 saturated carbocycles. The summed E-state index contributed by atoms with van der Waals surface area (Å²) in [5, 5.41) is 12.5. The number of fused-ring (bicyclic) bond motifs is 1. The summed E-state index contributed by atoms with van der Waals surface area (Å²) in [6, 6.07) is 4.38. The number of carbonyl (C=O) groups is 1. The molecule has 1 aliphatic carbocycles. The molecule has 0 unspecified atom stereocenters. The largest absolute Gasteiger partial charge is 0.306 e. The molecule has 25 heavy (non-hydrogen) atoms. The third-order valence-electron chi connectivity index (χ3n) is 3.93. The molecule has 4 rings (SSSR count). The Balaban J connectivity index is 1.40. The highest BCUT2D eigenvalue weighted by Crippen LogP contribution is 2.40. The lowest BCUT2D eigenvalue weighted by molar-refractivity contribution is -0.113. The zero-order chi connectivity index (χ0) is 17.4. The molecule has 0 radical (unpaired) electrons. The number of rotatable bonds is 6. The molecule has 0 bridgehead atoms. The van der Waals surface area contributed by atoms with Crippen LogP contribution in [0.25, 0.3) is 10.2 Å². The number of thioether (sulfide) groups is 1. The van der Waals surface area contributed by atoms with E-state index in [9.17, 15) is 9.18 Å². The standard InChI is InChI=1S/C16H16FN5OS2/c1-2-22-14(9-3-4-9)20-21-16(22)24-8-13(23)19-15-18-11-6-5-10(17)7-12(11)25-15/h5-7,9H,2-4,8H2,1H3,(H,18,19,23). The fraction of sp³-hybridized carbons (Fsp3) is 0.375. The van der Waals surface area contributed by atoms with Gasteiger partial charge in [-0.2, -0.15) is 0 Å². The van der Waals surface area contributed by atoms with Crippen molar-refractivity contribution in [3.05, 3.63) is 29.8 Å². The first-order valence-electron chi connectivity index (χ1n) is 8.06. The highest BCUT2D eigenvalue weighted by Gasteiger charge is 2.30. The van der Waals surface area contributed by atoms with E-state index in [0.717, 1.165) is 17.5 Å². The molecule has 2 heterocycles. The minimum absolute atomic E-state index is 0.164. The fourth-order valence-corrected chi connectivity index (χ4v) is 4.30. The van der Waals surface area contributed by atoms with Gasteiger partial charge in [0.2, 0.25) is 5.91 Å². The first-order chi connectivity index (χ1) is 12.1. The average Bonchev–Trinajstić information content (AvgIpc) is 3.23. The predicted octanol–water partition coefficient (Wildman–Crippen LogP) is 3.66. The molecular formula is C16H16FN5OS2. The van der Waals surface area contributed by atoms with Crippen LogP contribution in [0.3, 0.4) is 0 Å². The molecule has 2 aromatic heterocycles. The first-order valence-corrected chi connectivity index (χ1v) is 9.86. The van der Waals surface area contributed by atoms with Crippen molar-refractivity contribution in [1.29, 1.82) is 0 Å². The number of amides is 1. The van der Waals surface area contributed by atoms with Gasteiger partial charge in [-0.3, -0.25) is 4.79 Å². The van der Waals surface area contributed by atoms with Crippen LogP contribution in [0.15, 0.2) is 23.4 Å². The molecule has 0 atom stereocenters. The van der Waals surface area contributed by atoms with Crippen LogP contribution in [0.2, 0.25) is 0 Å². The van der Waals surface area contributed by atoms with Gasteiger partial charge in [0.1, 0.15) is 11.6 Å². The number of aromatic nitrogens is 4. The van der Waals surface area contributed by atoms with Gasteiger partial charge in [0.25, 0.3) is 0 Å². The number of hydrogen-bond acceptors (Lipinski definition) is 6. The summed E-state index contributed by atoms with van der Waals surface area (Å²) < 4.78 is 16.0. The molecule has 9 heteroatoms. The second-order valence-corrected chi connectivity index (χ2v) is 7.80. The van der Waals surface area contributed by atoms with Crippen molar-refractivity contribution in [2.24, 2.45) is 0 Å². The summed E-state index contributed by atoms with van der Waals surface area (Å²) in [6.07, 6.45) is 2.34. The molecule has 130 valence electrons. The van der Waals surface area contributed by atoms with Gasteiger partial charge < -0.3 is 9.88 Å². The number of halogens is 1. The van der Waals surface area contributed by atoms with E-state index in [1.165, 1.54) is 48.1 Å². The smallest absolute Gasteiger partial charge is 0.236 e. The van der Waals surface area contributed by atoms with E-state index < -0.39 is 0 Å². The normalized spacial score (nSPS) is 14.2. The Morgan fingerprint density at radius 2 is 2.28 bits per heavy atom. The Hall–Kier alpha value is -2.00. The van der Waals surface area contributed by atoms with Crippen LogP contribution in [0.5, 0.6) is 0 Å². The van der Waals surface area contributed by atoms with E-state index in [1.54, 1.807) is 6.07 Å².